The summed E-state index contributed by atoms with van der Waals surface area (Å²) in [7, 11) is 0. The molecule has 0 amide bonds. The van der Waals surface area contributed by atoms with E-state index in [0.29, 0.717) is 19.1 Å². The molecule has 1 aromatic rings. The van der Waals surface area contributed by atoms with Gasteiger partial charge in [-0.1, -0.05) is 32.0 Å². The van der Waals surface area contributed by atoms with E-state index in [0.717, 1.165) is 31.9 Å². The molecule has 0 bridgehead atoms. The Hall–Kier alpha value is -1.06. The highest BCUT2D eigenvalue weighted by Crippen LogP contribution is 2.07. The van der Waals surface area contributed by atoms with E-state index < -0.39 is 0 Å². The van der Waals surface area contributed by atoms with E-state index in [9.17, 15) is 0 Å². The summed E-state index contributed by atoms with van der Waals surface area (Å²) in [6.07, 6.45) is 1.05. The van der Waals surface area contributed by atoms with Crippen LogP contribution in [0.15, 0.2) is 30.3 Å². The molecule has 1 aromatic carbocycles. The largest absolute Gasteiger partial charge is 0.491 e. The molecule has 102 valence electrons. The number of rotatable bonds is 10. The lowest BCUT2D eigenvalue weighted by molar-refractivity contribution is 0.0983. The summed E-state index contributed by atoms with van der Waals surface area (Å²) in [4.78, 5) is 0. The fourth-order valence-electron chi connectivity index (χ4n) is 1.53. The molecule has 1 rings (SSSR count). The van der Waals surface area contributed by atoms with Gasteiger partial charge in [0.15, 0.2) is 0 Å². The molecule has 18 heavy (non-hydrogen) atoms. The summed E-state index contributed by atoms with van der Waals surface area (Å²) in [5, 5.41) is 3.39. The van der Waals surface area contributed by atoms with Crippen LogP contribution in [0.2, 0.25) is 0 Å². The molecule has 0 saturated heterocycles. The predicted octanol–water partition coefficient (Wildman–Crippen LogP) is 2.72. The van der Waals surface area contributed by atoms with Crippen LogP contribution in [0.25, 0.3) is 0 Å². The number of nitrogens with one attached hydrogen (secondary N) is 1. The van der Waals surface area contributed by atoms with Gasteiger partial charge in [-0.2, -0.15) is 0 Å². The normalized spacial score (nSPS) is 10.8. The smallest absolute Gasteiger partial charge is 0.119 e. The molecular weight excluding hydrogens is 226 g/mol. The third-order valence-corrected chi connectivity index (χ3v) is 2.43. The van der Waals surface area contributed by atoms with Crippen molar-refractivity contribution in [1.29, 1.82) is 0 Å². The van der Waals surface area contributed by atoms with Crippen molar-refractivity contribution >= 4 is 0 Å². The monoisotopic (exact) mass is 251 g/mol. The van der Waals surface area contributed by atoms with E-state index in [4.69, 9.17) is 9.47 Å². The van der Waals surface area contributed by atoms with Crippen molar-refractivity contribution in [1.82, 2.24) is 5.32 Å². The second-order valence-electron chi connectivity index (χ2n) is 4.73. The Balaban J connectivity index is 1.84. The van der Waals surface area contributed by atoms with Crippen LogP contribution in [0.3, 0.4) is 0 Å². The number of hydrogen-bond donors (Lipinski definition) is 1. The molecule has 0 saturated carbocycles. The molecule has 0 aliphatic rings. The maximum atomic E-state index is 5.52. The van der Waals surface area contributed by atoms with Crippen LogP contribution in [0.1, 0.15) is 20.3 Å². The van der Waals surface area contributed by atoms with Crippen LogP contribution in [0, 0.1) is 5.92 Å². The zero-order valence-electron chi connectivity index (χ0n) is 11.5. The van der Waals surface area contributed by atoms with Gasteiger partial charge in [0.2, 0.25) is 0 Å². The molecule has 0 aliphatic carbocycles. The zero-order chi connectivity index (χ0) is 13.1. The van der Waals surface area contributed by atoms with E-state index in [1.807, 2.05) is 30.3 Å². The molecule has 0 heterocycles. The maximum absolute atomic E-state index is 5.52. The number of para-hydroxylation sites is 1. The van der Waals surface area contributed by atoms with Crippen molar-refractivity contribution in [3.05, 3.63) is 30.3 Å². The second kappa shape index (κ2) is 9.92. The first-order valence-corrected chi connectivity index (χ1v) is 6.75. The molecule has 1 N–H and O–H groups in total. The summed E-state index contributed by atoms with van der Waals surface area (Å²) < 4.78 is 11.0. The highest BCUT2D eigenvalue weighted by molar-refractivity contribution is 5.20. The van der Waals surface area contributed by atoms with E-state index in [2.05, 4.69) is 19.2 Å². The van der Waals surface area contributed by atoms with Gasteiger partial charge in [0.25, 0.3) is 0 Å². The van der Waals surface area contributed by atoms with Crippen LogP contribution in [-0.4, -0.2) is 32.9 Å². The van der Waals surface area contributed by atoms with Gasteiger partial charge in [0, 0.05) is 6.61 Å². The average Bonchev–Trinajstić information content (AvgIpc) is 2.37. The lowest BCUT2D eigenvalue weighted by atomic mass is 10.2. The van der Waals surface area contributed by atoms with Crippen molar-refractivity contribution in [2.45, 2.75) is 20.3 Å². The van der Waals surface area contributed by atoms with Gasteiger partial charge in [-0.3, -0.25) is 0 Å². The summed E-state index contributed by atoms with van der Waals surface area (Å²) >= 11 is 0. The Bertz CT molecular complexity index is 288. The van der Waals surface area contributed by atoms with Crippen molar-refractivity contribution < 1.29 is 9.47 Å². The minimum atomic E-state index is 0.615. The third-order valence-electron chi connectivity index (χ3n) is 2.43. The molecule has 0 atom stereocenters. The third kappa shape index (κ3) is 8.09. The molecule has 0 aliphatic heterocycles. The Kier molecular flexibility index (Phi) is 8.26. The van der Waals surface area contributed by atoms with Crippen molar-refractivity contribution in [3.63, 3.8) is 0 Å². The highest BCUT2D eigenvalue weighted by Gasteiger charge is 1.94. The van der Waals surface area contributed by atoms with Gasteiger partial charge in [0.05, 0.1) is 6.61 Å². The van der Waals surface area contributed by atoms with E-state index in [-0.39, 0.29) is 0 Å². The Labute approximate surface area is 110 Å². The van der Waals surface area contributed by atoms with Crippen LogP contribution in [-0.2, 0) is 4.74 Å². The highest BCUT2D eigenvalue weighted by atomic mass is 16.5. The molecule has 0 aromatic heterocycles. The number of benzene rings is 1. The van der Waals surface area contributed by atoms with Crippen molar-refractivity contribution in [2.24, 2.45) is 5.92 Å². The quantitative estimate of drug-likeness (QED) is 0.649. The predicted molar refractivity (Wildman–Crippen MR) is 75.1 cm³/mol. The lowest BCUT2D eigenvalue weighted by Crippen LogP contribution is -2.22. The molecule has 0 radical (unpaired) electrons. The topological polar surface area (TPSA) is 30.5 Å². The van der Waals surface area contributed by atoms with Crippen LogP contribution < -0.4 is 10.1 Å². The molecule has 3 nitrogen and oxygen atoms in total. The standard InChI is InChI=1S/C15H25NO2/c1-14(2)13-16-9-6-10-17-11-12-18-15-7-4-3-5-8-15/h3-5,7-8,14,16H,6,9-13H2,1-2H3. The first-order chi connectivity index (χ1) is 8.79. The SMILES string of the molecule is CC(C)CNCCCOCCOc1ccccc1. The van der Waals surface area contributed by atoms with Gasteiger partial charge in [-0.15, -0.1) is 0 Å². The number of ether oxygens (including phenoxy) is 2. The Morgan fingerprint density at radius 2 is 1.83 bits per heavy atom. The van der Waals surface area contributed by atoms with Crippen LogP contribution in [0.4, 0.5) is 0 Å². The summed E-state index contributed by atoms with van der Waals surface area (Å²) in [6, 6.07) is 9.83. The van der Waals surface area contributed by atoms with Gasteiger partial charge in [-0.05, 0) is 37.6 Å². The van der Waals surface area contributed by atoms with Gasteiger partial charge < -0.3 is 14.8 Å². The van der Waals surface area contributed by atoms with E-state index >= 15 is 0 Å². The Morgan fingerprint density at radius 3 is 2.56 bits per heavy atom. The first kappa shape index (κ1) is 15.0. The fourth-order valence-corrected chi connectivity index (χ4v) is 1.53. The molecule has 0 spiro atoms. The van der Waals surface area contributed by atoms with Gasteiger partial charge >= 0.3 is 0 Å². The minimum Gasteiger partial charge on any atom is -0.491 e. The summed E-state index contributed by atoms with van der Waals surface area (Å²) in [5.41, 5.74) is 0. The van der Waals surface area contributed by atoms with Crippen molar-refractivity contribution in [3.8, 4) is 5.75 Å². The van der Waals surface area contributed by atoms with Gasteiger partial charge in [-0.25, -0.2) is 0 Å². The van der Waals surface area contributed by atoms with Crippen LogP contribution in [0.5, 0.6) is 5.75 Å². The maximum Gasteiger partial charge on any atom is 0.119 e. The second-order valence-corrected chi connectivity index (χ2v) is 4.73. The van der Waals surface area contributed by atoms with E-state index in [1.54, 1.807) is 0 Å². The number of hydrogen-bond acceptors (Lipinski definition) is 3. The lowest BCUT2D eigenvalue weighted by Gasteiger charge is -2.08. The first-order valence-electron chi connectivity index (χ1n) is 6.75. The minimum absolute atomic E-state index is 0.615. The van der Waals surface area contributed by atoms with E-state index in [1.165, 1.54) is 0 Å². The Morgan fingerprint density at radius 1 is 1.06 bits per heavy atom. The molecular formula is C15H25NO2. The average molecular weight is 251 g/mol. The molecule has 0 fully saturated rings. The summed E-state index contributed by atoms with van der Waals surface area (Å²) in [6.45, 7) is 8.59. The van der Waals surface area contributed by atoms with Gasteiger partial charge in [0.1, 0.15) is 12.4 Å². The summed E-state index contributed by atoms with van der Waals surface area (Å²) in [5.74, 6) is 1.62. The zero-order valence-corrected chi connectivity index (χ0v) is 11.5. The molecule has 3 heteroatoms. The van der Waals surface area contributed by atoms with Crippen molar-refractivity contribution in [2.75, 3.05) is 32.9 Å². The fraction of sp³-hybridized carbons (Fsp3) is 0.600. The van der Waals surface area contributed by atoms with Crippen LogP contribution >= 0.6 is 0 Å². The molecule has 0 unspecified atom stereocenters.